The van der Waals surface area contributed by atoms with E-state index in [0.717, 1.165) is 11.3 Å². The van der Waals surface area contributed by atoms with Crippen molar-refractivity contribution < 1.29 is 9.55 Å². The first-order valence-corrected chi connectivity index (χ1v) is 8.72. The molecule has 0 N–H and O–H groups in total. The van der Waals surface area contributed by atoms with Crippen molar-refractivity contribution in [3.05, 3.63) is 69.9 Å². The number of nitro benzene ring substituents is 1. The van der Waals surface area contributed by atoms with Gasteiger partial charge >= 0.3 is 0 Å². The zero-order chi connectivity index (χ0) is 20.4. The van der Waals surface area contributed by atoms with Crippen LogP contribution in [-0.2, 0) is 0 Å². The number of nitrogens with zero attached hydrogens (tertiary/aromatic N) is 6. The Morgan fingerprint density at radius 3 is 2.41 bits per heavy atom. The van der Waals surface area contributed by atoms with E-state index >= 15 is 0 Å². The van der Waals surface area contributed by atoms with Crippen molar-refractivity contribution in [3.8, 4) is 11.3 Å². The average Bonchev–Trinajstić information content (AvgIpc) is 3.19. The lowest BCUT2D eigenvalue weighted by Crippen LogP contribution is -2.07. The van der Waals surface area contributed by atoms with Crippen LogP contribution in [0.1, 0.15) is 11.3 Å². The van der Waals surface area contributed by atoms with Crippen LogP contribution in [0, 0.1) is 10.1 Å². The summed E-state index contributed by atoms with van der Waals surface area (Å²) in [7, 11) is 3.96. The van der Waals surface area contributed by atoms with Gasteiger partial charge in [-0.25, -0.2) is 14.6 Å². The molecule has 2 heterocycles. The standard InChI is InChI=1S/C20H16N6O3/c1-25(2)15-9-6-13(7-10-15)8-11-17-18(22-20-19(21-17)23-29-24-20)14-4-3-5-16(12-14)26(27)28/h3-12H,1-2H3/b11-8+. The SMILES string of the molecule is CN(C)c1ccc(/C=C/c2nc3nonc3nc2-c2cccc([N+](=O)[O-])c2)cc1. The van der Waals surface area contributed by atoms with Gasteiger partial charge in [0.2, 0.25) is 11.3 Å². The van der Waals surface area contributed by atoms with Gasteiger partial charge in [0.25, 0.3) is 5.69 Å². The maximum Gasteiger partial charge on any atom is 0.270 e. The molecule has 0 atom stereocenters. The van der Waals surface area contributed by atoms with Gasteiger partial charge in [0, 0.05) is 37.5 Å². The van der Waals surface area contributed by atoms with Gasteiger partial charge < -0.3 is 4.90 Å². The molecular formula is C20H16N6O3. The molecule has 0 unspecified atom stereocenters. The molecule has 0 amide bonds. The van der Waals surface area contributed by atoms with Crippen molar-refractivity contribution in [2.24, 2.45) is 0 Å². The van der Waals surface area contributed by atoms with Gasteiger partial charge in [-0.1, -0.05) is 30.3 Å². The number of non-ortho nitro benzene ring substituents is 1. The molecule has 9 nitrogen and oxygen atoms in total. The third kappa shape index (κ3) is 3.79. The second-order valence-electron chi connectivity index (χ2n) is 6.50. The van der Waals surface area contributed by atoms with E-state index in [2.05, 4.69) is 20.3 Å². The van der Waals surface area contributed by atoms with Crippen LogP contribution in [0.3, 0.4) is 0 Å². The summed E-state index contributed by atoms with van der Waals surface area (Å²) in [6, 6.07) is 14.2. The second-order valence-corrected chi connectivity index (χ2v) is 6.50. The minimum Gasteiger partial charge on any atom is -0.378 e. The van der Waals surface area contributed by atoms with Gasteiger partial charge in [0.15, 0.2) is 0 Å². The number of nitro groups is 1. The summed E-state index contributed by atoms with van der Waals surface area (Å²) in [5.41, 5.74) is 4.05. The van der Waals surface area contributed by atoms with Crippen LogP contribution < -0.4 is 4.90 Å². The molecule has 0 aliphatic heterocycles. The third-order valence-corrected chi connectivity index (χ3v) is 4.31. The van der Waals surface area contributed by atoms with Gasteiger partial charge in [-0.15, -0.1) is 0 Å². The Balaban J connectivity index is 1.78. The highest BCUT2D eigenvalue weighted by Crippen LogP contribution is 2.27. The van der Waals surface area contributed by atoms with Crippen LogP contribution in [0.2, 0.25) is 0 Å². The third-order valence-electron chi connectivity index (χ3n) is 4.31. The van der Waals surface area contributed by atoms with E-state index < -0.39 is 4.92 Å². The number of anilines is 1. The lowest BCUT2D eigenvalue weighted by Gasteiger charge is -2.11. The van der Waals surface area contributed by atoms with E-state index in [9.17, 15) is 10.1 Å². The molecule has 0 radical (unpaired) electrons. The fourth-order valence-corrected chi connectivity index (χ4v) is 2.80. The predicted octanol–water partition coefficient (Wildman–Crippen LogP) is 3.82. The van der Waals surface area contributed by atoms with Crippen LogP contribution >= 0.6 is 0 Å². The molecule has 9 heteroatoms. The largest absolute Gasteiger partial charge is 0.378 e. The summed E-state index contributed by atoms with van der Waals surface area (Å²) in [5.74, 6) is 0. The Hall–Kier alpha value is -4.14. The number of hydrogen-bond donors (Lipinski definition) is 0. The summed E-state index contributed by atoms with van der Waals surface area (Å²) in [4.78, 5) is 21.6. The maximum atomic E-state index is 11.1. The molecule has 0 spiro atoms. The Labute approximate surface area is 165 Å². The van der Waals surface area contributed by atoms with Crippen molar-refractivity contribution in [1.82, 2.24) is 20.3 Å². The van der Waals surface area contributed by atoms with Crippen molar-refractivity contribution in [3.63, 3.8) is 0 Å². The van der Waals surface area contributed by atoms with Gasteiger partial charge in [0.05, 0.1) is 16.3 Å². The van der Waals surface area contributed by atoms with Gasteiger partial charge in [-0.05, 0) is 34.1 Å². The van der Waals surface area contributed by atoms with Crippen LogP contribution in [-0.4, -0.2) is 39.3 Å². The molecule has 2 aromatic heterocycles. The molecule has 4 aromatic rings. The van der Waals surface area contributed by atoms with E-state index in [0.29, 0.717) is 17.0 Å². The highest BCUT2D eigenvalue weighted by Gasteiger charge is 2.15. The minimum absolute atomic E-state index is 0.0307. The summed E-state index contributed by atoms with van der Waals surface area (Å²) in [6.07, 6.45) is 3.68. The molecule has 144 valence electrons. The Kier molecular flexibility index (Phi) is 4.70. The second kappa shape index (κ2) is 7.47. The zero-order valence-corrected chi connectivity index (χ0v) is 15.7. The minimum atomic E-state index is -0.449. The van der Waals surface area contributed by atoms with Crippen LogP contribution in [0.4, 0.5) is 11.4 Å². The van der Waals surface area contributed by atoms with E-state index in [1.54, 1.807) is 18.2 Å². The van der Waals surface area contributed by atoms with E-state index in [1.165, 1.54) is 12.1 Å². The van der Waals surface area contributed by atoms with E-state index in [1.807, 2.05) is 49.3 Å². The topological polar surface area (TPSA) is 111 Å². The van der Waals surface area contributed by atoms with Crippen LogP contribution in [0.25, 0.3) is 34.7 Å². The van der Waals surface area contributed by atoms with E-state index in [4.69, 9.17) is 4.63 Å². The molecular weight excluding hydrogens is 372 g/mol. The van der Waals surface area contributed by atoms with Gasteiger partial charge in [-0.2, -0.15) is 0 Å². The Morgan fingerprint density at radius 2 is 1.72 bits per heavy atom. The average molecular weight is 388 g/mol. The fourth-order valence-electron chi connectivity index (χ4n) is 2.80. The highest BCUT2D eigenvalue weighted by molar-refractivity contribution is 5.81. The number of hydrogen-bond acceptors (Lipinski definition) is 8. The number of fused-ring (bicyclic) bond motifs is 1. The molecule has 4 rings (SSSR count). The quantitative estimate of drug-likeness (QED) is 0.375. The summed E-state index contributed by atoms with van der Waals surface area (Å²) in [5, 5.41) is 18.6. The first-order valence-electron chi connectivity index (χ1n) is 8.72. The zero-order valence-electron chi connectivity index (χ0n) is 15.7. The smallest absolute Gasteiger partial charge is 0.270 e. The lowest BCUT2D eigenvalue weighted by molar-refractivity contribution is -0.384. The summed E-state index contributed by atoms with van der Waals surface area (Å²) >= 11 is 0. The summed E-state index contributed by atoms with van der Waals surface area (Å²) < 4.78 is 4.71. The monoisotopic (exact) mass is 388 g/mol. The lowest BCUT2D eigenvalue weighted by atomic mass is 10.1. The van der Waals surface area contributed by atoms with Crippen molar-refractivity contribution in [2.45, 2.75) is 0 Å². The normalized spacial score (nSPS) is 11.2. The molecule has 0 aliphatic carbocycles. The van der Waals surface area contributed by atoms with E-state index in [-0.39, 0.29) is 17.0 Å². The molecule has 0 saturated heterocycles. The number of aromatic nitrogens is 4. The maximum absolute atomic E-state index is 11.1. The Morgan fingerprint density at radius 1 is 1.00 bits per heavy atom. The van der Waals surface area contributed by atoms with Crippen LogP contribution in [0.15, 0.2) is 53.2 Å². The first kappa shape index (κ1) is 18.2. The fraction of sp³-hybridized carbons (Fsp3) is 0.100. The number of benzene rings is 2. The molecule has 0 fully saturated rings. The predicted molar refractivity (Wildman–Crippen MR) is 109 cm³/mol. The molecule has 0 bridgehead atoms. The van der Waals surface area contributed by atoms with Crippen molar-refractivity contribution in [1.29, 1.82) is 0 Å². The number of rotatable bonds is 5. The van der Waals surface area contributed by atoms with Gasteiger partial charge in [0.1, 0.15) is 0 Å². The molecule has 29 heavy (non-hydrogen) atoms. The summed E-state index contributed by atoms with van der Waals surface area (Å²) in [6.45, 7) is 0. The highest BCUT2D eigenvalue weighted by atomic mass is 16.6. The molecule has 2 aromatic carbocycles. The first-order chi connectivity index (χ1) is 14.0. The Bertz CT molecular complexity index is 1210. The van der Waals surface area contributed by atoms with Crippen molar-refractivity contribution >= 4 is 34.8 Å². The van der Waals surface area contributed by atoms with Crippen LogP contribution in [0.5, 0.6) is 0 Å². The van der Waals surface area contributed by atoms with Crippen molar-refractivity contribution in [2.75, 3.05) is 19.0 Å². The molecule has 0 saturated carbocycles. The molecule has 0 aliphatic rings. The van der Waals surface area contributed by atoms with Gasteiger partial charge in [-0.3, -0.25) is 10.1 Å².